The van der Waals surface area contributed by atoms with E-state index in [9.17, 15) is 9.18 Å². The third kappa shape index (κ3) is 1.44. The Morgan fingerprint density at radius 3 is 2.75 bits per heavy atom. The highest BCUT2D eigenvalue weighted by molar-refractivity contribution is 5.93. The Balaban J connectivity index is 3.23. The van der Waals surface area contributed by atoms with Crippen molar-refractivity contribution in [2.24, 2.45) is 5.73 Å². The quantitative estimate of drug-likeness (QED) is 0.712. The highest BCUT2D eigenvalue weighted by atomic mass is 19.1. The van der Waals surface area contributed by atoms with Crippen LogP contribution in [0.5, 0.6) is 0 Å². The number of benzene rings is 1. The number of primary amides is 1. The van der Waals surface area contributed by atoms with Crippen LogP contribution in [0.25, 0.3) is 0 Å². The summed E-state index contributed by atoms with van der Waals surface area (Å²) < 4.78 is 13.2. The number of hydrogen-bond acceptors (Lipinski definition) is 1. The van der Waals surface area contributed by atoms with Crippen LogP contribution in [-0.2, 0) is 6.42 Å². The van der Waals surface area contributed by atoms with Gasteiger partial charge in [0.25, 0.3) is 5.91 Å². The predicted octanol–water partition coefficient (Wildman–Crippen LogP) is 1.49. The van der Waals surface area contributed by atoms with Crippen LogP contribution in [0.2, 0.25) is 0 Å². The molecular weight excluding hydrogens is 157 g/mol. The van der Waals surface area contributed by atoms with Crippen molar-refractivity contribution in [3.8, 4) is 0 Å². The summed E-state index contributed by atoms with van der Waals surface area (Å²) in [4.78, 5) is 10.7. The molecule has 64 valence electrons. The standard InChI is InChI=1S/C9H10FNO/c1-2-6-4-3-5-7(8(6)10)9(11)12/h3-5H,2H2,1H3,(H2,11,12). The summed E-state index contributed by atoms with van der Waals surface area (Å²) in [5.41, 5.74) is 5.45. The van der Waals surface area contributed by atoms with Crippen LogP contribution in [-0.4, -0.2) is 5.91 Å². The van der Waals surface area contributed by atoms with Crippen LogP contribution in [0.4, 0.5) is 4.39 Å². The molecule has 0 fully saturated rings. The molecule has 2 N–H and O–H groups in total. The minimum atomic E-state index is -0.720. The topological polar surface area (TPSA) is 43.1 Å². The second-order valence-electron chi connectivity index (χ2n) is 2.50. The van der Waals surface area contributed by atoms with Crippen LogP contribution < -0.4 is 5.73 Å². The number of amides is 1. The maximum atomic E-state index is 13.2. The Kier molecular flexibility index (Phi) is 2.43. The van der Waals surface area contributed by atoms with E-state index in [1.807, 2.05) is 6.92 Å². The van der Waals surface area contributed by atoms with Gasteiger partial charge in [-0.3, -0.25) is 4.79 Å². The first-order valence-electron chi connectivity index (χ1n) is 3.74. The molecule has 1 aromatic carbocycles. The first kappa shape index (κ1) is 8.71. The fourth-order valence-corrected chi connectivity index (χ4v) is 1.04. The Morgan fingerprint density at radius 2 is 2.25 bits per heavy atom. The molecule has 12 heavy (non-hydrogen) atoms. The Hall–Kier alpha value is -1.38. The monoisotopic (exact) mass is 167 g/mol. The SMILES string of the molecule is CCc1cccc(C(N)=O)c1F. The van der Waals surface area contributed by atoms with Gasteiger partial charge in [0.15, 0.2) is 0 Å². The molecule has 0 unspecified atom stereocenters. The molecule has 0 saturated carbocycles. The van der Waals surface area contributed by atoms with Crippen LogP contribution in [0.1, 0.15) is 22.8 Å². The fourth-order valence-electron chi connectivity index (χ4n) is 1.04. The number of carbonyl (C=O) groups excluding carboxylic acids is 1. The van der Waals surface area contributed by atoms with E-state index < -0.39 is 11.7 Å². The molecule has 0 aromatic heterocycles. The lowest BCUT2D eigenvalue weighted by atomic mass is 10.1. The van der Waals surface area contributed by atoms with Gasteiger partial charge in [0.2, 0.25) is 0 Å². The Bertz CT molecular complexity index is 309. The molecule has 0 aliphatic rings. The van der Waals surface area contributed by atoms with Crippen LogP contribution in [0.15, 0.2) is 18.2 Å². The van der Waals surface area contributed by atoms with Gasteiger partial charge >= 0.3 is 0 Å². The molecular formula is C9H10FNO. The Morgan fingerprint density at radius 1 is 1.58 bits per heavy atom. The summed E-state index contributed by atoms with van der Waals surface area (Å²) in [6.45, 7) is 1.82. The molecule has 0 aliphatic heterocycles. The summed E-state index contributed by atoms with van der Waals surface area (Å²) in [6, 6.07) is 4.65. The van der Waals surface area contributed by atoms with Gasteiger partial charge in [-0.25, -0.2) is 4.39 Å². The molecule has 0 radical (unpaired) electrons. The molecule has 0 heterocycles. The van der Waals surface area contributed by atoms with E-state index >= 15 is 0 Å². The van der Waals surface area contributed by atoms with Crippen LogP contribution in [0, 0.1) is 5.82 Å². The smallest absolute Gasteiger partial charge is 0.251 e. The zero-order valence-corrected chi connectivity index (χ0v) is 6.80. The summed E-state index contributed by atoms with van der Waals surface area (Å²) in [5, 5.41) is 0. The lowest BCUT2D eigenvalue weighted by Gasteiger charge is -2.02. The number of aryl methyl sites for hydroxylation is 1. The van der Waals surface area contributed by atoms with Crippen molar-refractivity contribution < 1.29 is 9.18 Å². The van der Waals surface area contributed by atoms with E-state index in [0.29, 0.717) is 12.0 Å². The van der Waals surface area contributed by atoms with E-state index in [-0.39, 0.29) is 5.56 Å². The van der Waals surface area contributed by atoms with Crippen molar-refractivity contribution in [3.05, 3.63) is 35.1 Å². The van der Waals surface area contributed by atoms with Crippen molar-refractivity contribution in [2.45, 2.75) is 13.3 Å². The maximum Gasteiger partial charge on any atom is 0.251 e. The van der Waals surface area contributed by atoms with Crippen molar-refractivity contribution in [2.75, 3.05) is 0 Å². The molecule has 0 saturated heterocycles. The summed E-state index contributed by atoms with van der Waals surface area (Å²) in [7, 11) is 0. The average molecular weight is 167 g/mol. The van der Waals surface area contributed by atoms with Crippen molar-refractivity contribution >= 4 is 5.91 Å². The van der Waals surface area contributed by atoms with E-state index in [0.717, 1.165) is 0 Å². The lowest BCUT2D eigenvalue weighted by Crippen LogP contribution is -2.13. The summed E-state index contributed by atoms with van der Waals surface area (Å²) >= 11 is 0. The molecule has 0 spiro atoms. The number of halogens is 1. The average Bonchev–Trinajstić information content (AvgIpc) is 2.04. The minimum Gasteiger partial charge on any atom is -0.366 e. The molecule has 1 amide bonds. The van der Waals surface area contributed by atoms with Gasteiger partial charge < -0.3 is 5.73 Å². The summed E-state index contributed by atoms with van der Waals surface area (Å²) in [6.07, 6.45) is 0.562. The van der Waals surface area contributed by atoms with Gasteiger partial charge in [-0.15, -0.1) is 0 Å². The molecule has 0 atom stereocenters. The number of rotatable bonds is 2. The highest BCUT2D eigenvalue weighted by Gasteiger charge is 2.09. The lowest BCUT2D eigenvalue weighted by molar-refractivity contribution is 0.0996. The Labute approximate surface area is 70.2 Å². The van der Waals surface area contributed by atoms with E-state index in [2.05, 4.69) is 0 Å². The van der Waals surface area contributed by atoms with Crippen molar-refractivity contribution in [1.29, 1.82) is 0 Å². The number of nitrogens with two attached hydrogens (primary N) is 1. The van der Waals surface area contributed by atoms with Crippen molar-refractivity contribution in [3.63, 3.8) is 0 Å². The van der Waals surface area contributed by atoms with Crippen LogP contribution in [0.3, 0.4) is 0 Å². The highest BCUT2D eigenvalue weighted by Crippen LogP contribution is 2.12. The molecule has 1 aromatic rings. The third-order valence-electron chi connectivity index (χ3n) is 1.73. The van der Waals surface area contributed by atoms with Gasteiger partial charge in [0, 0.05) is 0 Å². The molecule has 0 bridgehead atoms. The van der Waals surface area contributed by atoms with Gasteiger partial charge in [0.1, 0.15) is 5.82 Å². The van der Waals surface area contributed by atoms with Gasteiger partial charge in [-0.05, 0) is 18.1 Å². The second kappa shape index (κ2) is 3.34. The predicted molar refractivity (Wildman–Crippen MR) is 44.3 cm³/mol. The van der Waals surface area contributed by atoms with Crippen LogP contribution >= 0.6 is 0 Å². The maximum absolute atomic E-state index is 13.2. The zero-order valence-electron chi connectivity index (χ0n) is 6.80. The number of hydrogen-bond donors (Lipinski definition) is 1. The third-order valence-corrected chi connectivity index (χ3v) is 1.73. The number of carbonyl (C=O) groups is 1. The van der Waals surface area contributed by atoms with E-state index in [1.165, 1.54) is 6.07 Å². The van der Waals surface area contributed by atoms with Gasteiger partial charge in [-0.2, -0.15) is 0 Å². The van der Waals surface area contributed by atoms with Gasteiger partial charge in [-0.1, -0.05) is 19.1 Å². The largest absolute Gasteiger partial charge is 0.366 e. The fraction of sp³-hybridized carbons (Fsp3) is 0.222. The summed E-state index contributed by atoms with van der Waals surface area (Å²) in [5.74, 6) is -1.21. The molecule has 1 rings (SSSR count). The van der Waals surface area contributed by atoms with Crippen molar-refractivity contribution in [1.82, 2.24) is 0 Å². The van der Waals surface area contributed by atoms with Gasteiger partial charge in [0.05, 0.1) is 5.56 Å². The minimum absolute atomic E-state index is 0.0330. The first-order valence-corrected chi connectivity index (χ1v) is 3.74. The normalized spacial score (nSPS) is 9.83. The van der Waals surface area contributed by atoms with E-state index in [4.69, 9.17) is 5.73 Å². The first-order chi connectivity index (χ1) is 5.66. The van der Waals surface area contributed by atoms with E-state index in [1.54, 1.807) is 12.1 Å². The molecule has 2 nitrogen and oxygen atoms in total. The molecule has 3 heteroatoms. The zero-order chi connectivity index (χ0) is 9.14. The molecule has 0 aliphatic carbocycles. The second-order valence-corrected chi connectivity index (χ2v) is 2.50.